The predicted molar refractivity (Wildman–Crippen MR) is 77.0 cm³/mol. The Kier molecular flexibility index (Phi) is 4.44. The van der Waals surface area contributed by atoms with Crippen LogP contribution in [0.1, 0.15) is 12.5 Å². The van der Waals surface area contributed by atoms with Gasteiger partial charge in [0, 0.05) is 53.2 Å². The number of fused-ring (bicyclic) bond motifs is 1. The maximum absolute atomic E-state index is 11.1. The van der Waals surface area contributed by atoms with Gasteiger partial charge in [0.2, 0.25) is 0 Å². The van der Waals surface area contributed by atoms with Crippen molar-refractivity contribution in [3.63, 3.8) is 0 Å². The van der Waals surface area contributed by atoms with Crippen molar-refractivity contribution in [1.29, 1.82) is 0 Å². The van der Waals surface area contributed by atoms with Crippen LogP contribution in [0.25, 0.3) is 10.8 Å². The molecule has 0 saturated carbocycles. The van der Waals surface area contributed by atoms with E-state index < -0.39 is 10.8 Å². The molecule has 2 unspecified atom stereocenters. The highest BCUT2D eigenvalue weighted by Crippen LogP contribution is 2.14. The molecule has 1 N–H and O–H groups in total. The average molecular weight is 262 g/mol. The van der Waals surface area contributed by atoms with E-state index in [4.69, 9.17) is 0 Å². The Morgan fingerprint density at radius 2 is 2.17 bits per heavy atom. The van der Waals surface area contributed by atoms with Crippen molar-refractivity contribution in [1.82, 2.24) is 10.3 Å². The Morgan fingerprint density at radius 3 is 2.94 bits per heavy atom. The van der Waals surface area contributed by atoms with Crippen LogP contribution in [0.2, 0.25) is 0 Å². The molecule has 2 rings (SSSR count). The fraction of sp³-hybridized carbons (Fsp3) is 0.357. The molecule has 1 heterocycles. The minimum Gasteiger partial charge on any atom is -0.309 e. The van der Waals surface area contributed by atoms with Crippen LogP contribution >= 0.6 is 0 Å². The van der Waals surface area contributed by atoms with Crippen LogP contribution in [0.5, 0.6) is 0 Å². The van der Waals surface area contributed by atoms with Crippen LogP contribution in [0.3, 0.4) is 0 Å². The molecule has 0 aliphatic carbocycles. The fourth-order valence-corrected chi connectivity index (χ4v) is 2.77. The molecule has 0 bridgehead atoms. The standard InChI is InChI=1S/C14H18N2OS/c1-11(10-18(2)17)16-8-12-3-4-14-9-15-6-5-13(14)7-12/h3-7,9,11,16H,8,10H2,1-2H3. The average Bonchev–Trinajstić information content (AvgIpc) is 2.35. The maximum Gasteiger partial charge on any atom is 0.0383 e. The zero-order valence-corrected chi connectivity index (χ0v) is 11.5. The van der Waals surface area contributed by atoms with E-state index in [1.54, 1.807) is 6.26 Å². The second kappa shape index (κ2) is 6.07. The van der Waals surface area contributed by atoms with Crippen molar-refractivity contribution < 1.29 is 4.21 Å². The molecule has 1 aromatic heterocycles. The van der Waals surface area contributed by atoms with E-state index in [0.717, 1.165) is 11.9 Å². The third-order valence-electron chi connectivity index (χ3n) is 2.84. The lowest BCUT2D eigenvalue weighted by Gasteiger charge is -2.12. The van der Waals surface area contributed by atoms with E-state index in [-0.39, 0.29) is 6.04 Å². The van der Waals surface area contributed by atoms with E-state index in [2.05, 4.69) is 35.4 Å². The lowest BCUT2D eigenvalue weighted by atomic mass is 10.1. The molecule has 1 aromatic carbocycles. The van der Waals surface area contributed by atoms with Crippen molar-refractivity contribution in [2.24, 2.45) is 0 Å². The SMILES string of the molecule is CC(CS(C)=O)NCc1ccc2cnccc2c1. The van der Waals surface area contributed by atoms with E-state index in [1.807, 2.05) is 18.5 Å². The molecule has 4 heteroatoms. The van der Waals surface area contributed by atoms with Gasteiger partial charge in [-0.05, 0) is 30.0 Å². The number of rotatable bonds is 5. The second-order valence-corrected chi connectivity index (χ2v) is 6.06. The predicted octanol–water partition coefficient (Wildman–Crippen LogP) is 2.09. The van der Waals surface area contributed by atoms with Gasteiger partial charge in [0.15, 0.2) is 0 Å². The van der Waals surface area contributed by atoms with Crippen LogP contribution in [0, 0.1) is 0 Å². The Balaban J connectivity index is 2.01. The van der Waals surface area contributed by atoms with Gasteiger partial charge < -0.3 is 5.32 Å². The summed E-state index contributed by atoms with van der Waals surface area (Å²) in [5, 5.41) is 5.75. The third kappa shape index (κ3) is 3.62. The van der Waals surface area contributed by atoms with Crippen LogP contribution in [-0.4, -0.2) is 27.2 Å². The first kappa shape index (κ1) is 13.2. The first-order chi connectivity index (χ1) is 8.65. The number of nitrogens with one attached hydrogen (secondary N) is 1. The highest BCUT2D eigenvalue weighted by molar-refractivity contribution is 7.84. The molecule has 2 atom stereocenters. The molecule has 0 spiro atoms. The van der Waals surface area contributed by atoms with Crippen molar-refractivity contribution >= 4 is 21.6 Å². The monoisotopic (exact) mass is 262 g/mol. The van der Waals surface area contributed by atoms with Crippen LogP contribution < -0.4 is 5.32 Å². The summed E-state index contributed by atoms with van der Waals surface area (Å²) in [5.41, 5.74) is 1.24. The summed E-state index contributed by atoms with van der Waals surface area (Å²) in [6, 6.07) is 8.64. The number of benzene rings is 1. The van der Waals surface area contributed by atoms with E-state index >= 15 is 0 Å². The topological polar surface area (TPSA) is 42.0 Å². The van der Waals surface area contributed by atoms with Crippen molar-refractivity contribution in [3.05, 3.63) is 42.2 Å². The van der Waals surface area contributed by atoms with Gasteiger partial charge >= 0.3 is 0 Å². The largest absolute Gasteiger partial charge is 0.309 e. The first-order valence-electron chi connectivity index (χ1n) is 6.01. The zero-order chi connectivity index (χ0) is 13.0. The van der Waals surface area contributed by atoms with Crippen LogP contribution in [-0.2, 0) is 17.3 Å². The molecule has 0 aliphatic rings. The van der Waals surface area contributed by atoms with E-state index in [1.165, 1.54) is 10.9 Å². The number of aromatic nitrogens is 1. The summed E-state index contributed by atoms with van der Waals surface area (Å²) in [6.45, 7) is 2.86. The molecule has 0 amide bonds. The summed E-state index contributed by atoms with van der Waals surface area (Å²) in [7, 11) is -0.747. The van der Waals surface area contributed by atoms with Crippen molar-refractivity contribution in [2.45, 2.75) is 19.5 Å². The fourth-order valence-electron chi connectivity index (χ4n) is 1.95. The molecule has 3 nitrogen and oxygen atoms in total. The minimum atomic E-state index is -0.747. The van der Waals surface area contributed by atoms with Gasteiger partial charge in [0.05, 0.1) is 0 Å². The molecule has 0 saturated heterocycles. The van der Waals surface area contributed by atoms with E-state index in [9.17, 15) is 4.21 Å². The smallest absolute Gasteiger partial charge is 0.0383 e. The van der Waals surface area contributed by atoms with Crippen molar-refractivity contribution in [3.8, 4) is 0 Å². The van der Waals surface area contributed by atoms with Gasteiger partial charge in [-0.15, -0.1) is 0 Å². The van der Waals surface area contributed by atoms with Gasteiger partial charge in [0.25, 0.3) is 0 Å². The van der Waals surface area contributed by atoms with Crippen molar-refractivity contribution in [2.75, 3.05) is 12.0 Å². The Morgan fingerprint density at radius 1 is 1.33 bits per heavy atom. The van der Waals surface area contributed by atoms with E-state index in [0.29, 0.717) is 5.75 Å². The number of hydrogen-bond acceptors (Lipinski definition) is 3. The third-order valence-corrected chi connectivity index (χ3v) is 3.81. The second-order valence-electron chi connectivity index (χ2n) is 4.58. The van der Waals surface area contributed by atoms with Gasteiger partial charge in [0.1, 0.15) is 0 Å². The number of nitrogens with zero attached hydrogens (tertiary/aromatic N) is 1. The Bertz CT molecular complexity index is 556. The summed E-state index contributed by atoms with van der Waals surface area (Å²) < 4.78 is 11.1. The summed E-state index contributed by atoms with van der Waals surface area (Å²) in [6.07, 6.45) is 5.42. The molecule has 0 fully saturated rings. The molecule has 96 valence electrons. The summed E-state index contributed by atoms with van der Waals surface area (Å²) in [5.74, 6) is 0.692. The van der Waals surface area contributed by atoms with Gasteiger partial charge in [-0.1, -0.05) is 12.1 Å². The molecule has 2 aromatic rings. The zero-order valence-electron chi connectivity index (χ0n) is 10.7. The maximum atomic E-state index is 11.1. The molecular weight excluding hydrogens is 244 g/mol. The lowest BCUT2D eigenvalue weighted by Crippen LogP contribution is -2.30. The normalized spacial score (nSPS) is 14.6. The summed E-state index contributed by atoms with van der Waals surface area (Å²) >= 11 is 0. The highest BCUT2D eigenvalue weighted by Gasteiger charge is 2.04. The minimum absolute atomic E-state index is 0.268. The van der Waals surface area contributed by atoms with Crippen LogP contribution in [0.4, 0.5) is 0 Å². The highest BCUT2D eigenvalue weighted by atomic mass is 32.2. The van der Waals surface area contributed by atoms with Gasteiger partial charge in [-0.3, -0.25) is 9.19 Å². The Labute approximate surface area is 110 Å². The molecule has 18 heavy (non-hydrogen) atoms. The van der Waals surface area contributed by atoms with Gasteiger partial charge in [-0.2, -0.15) is 0 Å². The van der Waals surface area contributed by atoms with Gasteiger partial charge in [-0.25, -0.2) is 0 Å². The molecular formula is C14H18N2OS. The quantitative estimate of drug-likeness (QED) is 0.897. The lowest BCUT2D eigenvalue weighted by molar-refractivity contribution is 0.587. The van der Waals surface area contributed by atoms with Crippen LogP contribution in [0.15, 0.2) is 36.7 Å². The summed E-state index contributed by atoms with van der Waals surface area (Å²) in [4.78, 5) is 4.10. The Hall–Kier alpha value is -1.26. The molecule has 0 radical (unpaired) electrons. The number of hydrogen-bond donors (Lipinski definition) is 1. The number of pyridine rings is 1. The molecule has 0 aliphatic heterocycles. The first-order valence-corrected chi connectivity index (χ1v) is 7.74.